The van der Waals surface area contributed by atoms with Crippen molar-refractivity contribution in [2.75, 3.05) is 12.3 Å². The number of nitrogens with two attached hydrogens (primary N) is 1. The Labute approximate surface area is 113 Å². The maximum Gasteiger partial charge on any atom is 0.127 e. The van der Waals surface area contributed by atoms with Gasteiger partial charge in [-0.05, 0) is 32.3 Å². The van der Waals surface area contributed by atoms with Gasteiger partial charge < -0.3 is 10.5 Å². The summed E-state index contributed by atoms with van der Waals surface area (Å²) in [4.78, 5) is 0. The fraction of sp³-hybridized carbons (Fsp3) is 0.400. The summed E-state index contributed by atoms with van der Waals surface area (Å²) in [5.41, 5.74) is 9.39. The van der Waals surface area contributed by atoms with Crippen molar-refractivity contribution in [3.63, 3.8) is 0 Å². The van der Waals surface area contributed by atoms with E-state index in [1.165, 1.54) is 11.1 Å². The van der Waals surface area contributed by atoms with Crippen LogP contribution in [-0.4, -0.2) is 16.4 Å². The first-order valence-corrected chi connectivity index (χ1v) is 6.71. The third-order valence-electron chi connectivity index (χ3n) is 3.65. The summed E-state index contributed by atoms with van der Waals surface area (Å²) >= 11 is 0. The first kappa shape index (κ1) is 12.1. The normalized spacial score (nSPS) is 18.5. The second kappa shape index (κ2) is 4.61. The van der Waals surface area contributed by atoms with E-state index >= 15 is 0 Å². The largest absolute Gasteiger partial charge is 0.493 e. The highest BCUT2D eigenvalue weighted by atomic mass is 16.5. The maximum atomic E-state index is 6.08. The van der Waals surface area contributed by atoms with Crippen LogP contribution in [-0.2, 0) is 0 Å². The number of hydrogen-bond acceptors (Lipinski definition) is 3. The Morgan fingerprint density at radius 1 is 1.37 bits per heavy atom. The van der Waals surface area contributed by atoms with Crippen LogP contribution in [0, 0.1) is 13.8 Å². The number of anilines is 1. The van der Waals surface area contributed by atoms with Gasteiger partial charge in [0.1, 0.15) is 11.6 Å². The Morgan fingerprint density at radius 2 is 2.21 bits per heavy atom. The molecule has 2 aromatic rings. The van der Waals surface area contributed by atoms with Crippen LogP contribution in [0.1, 0.15) is 35.7 Å². The van der Waals surface area contributed by atoms with Crippen LogP contribution in [0.25, 0.3) is 0 Å². The number of nitrogens with zero attached hydrogens (tertiary/aromatic N) is 2. The molecule has 1 aliphatic rings. The van der Waals surface area contributed by atoms with Crippen LogP contribution in [0.3, 0.4) is 0 Å². The van der Waals surface area contributed by atoms with Gasteiger partial charge in [-0.1, -0.05) is 18.2 Å². The summed E-state index contributed by atoms with van der Waals surface area (Å²) in [5.74, 6) is 1.72. The minimum Gasteiger partial charge on any atom is -0.493 e. The van der Waals surface area contributed by atoms with E-state index in [0.717, 1.165) is 36.7 Å². The minimum absolute atomic E-state index is 0.172. The van der Waals surface area contributed by atoms with Gasteiger partial charge in [0.2, 0.25) is 0 Å². The topological polar surface area (TPSA) is 53.1 Å². The second-order valence-corrected chi connectivity index (χ2v) is 5.15. The Bertz CT molecular complexity index is 603. The van der Waals surface area contributed by atoms with Gasteiger partial charge in [0, 0.05) is 11.6 Å². The van der Waals surface area contributed by atoms with E-state index in [2.05, 4.69) is 30.2 Å². The summed E-state index contributed by atoms with van der Waals surface area (Å²) in [6, 6.07) is 8.36. The fourth-order valence-corrected chi connectivity index (χ4v) is 2.78. The zero-order valence-electron chi connectivity index (χ0n) is 11.4. The lowest BCUT2D eigenvalue weighted by molar-refractivity contribution is 0.313. The molecule has 2 heterocycles. The van der Waals surface area contributed by atoms with Crippen molar-refractivity contribution >= 4 is 5.82 Å². The molecule has 2 N–H and O–H groups in total. The molecule has 4 heteroatoms. The highest BCUT2D eigenvalue weighted by Gasteiger charge is 2.24. The molecule has 1 unspecified atom stereocenters. The smallest absolute Gasteiger partial charge is 0.127 e. The average Bonchev–Trinajstić information content (AvgIpc) is 2.61. The lowest BCUT2D eigenvalue weighted by Gasteiger charge is -2.19. The van der Waals surface area contributed by atoms with Gasteiger partial charge in [0.15, 0.2) is 0 Å². The number of fused-ring (bicyclic) bond motifs is 1. The van der Waals surface area contributed by atoms with Crippen molar-refractivity contribution < 1.29 is 4.74 Å². The van der Waals surface area contributed by atoms with Crippen molar-refractivity contribution in [2.45, 2.75) is 32.7 Å². The molecule has 3 rings (SSSR count). The number of nitrogen functional groups attached to an aromatic ring is 1. The standard InChI is InChI=1S/C15H19N3O/c1-10-5-3-6-12-13(7-4-8-19-15(10)12)18-14(16)9-11(2)17-18/h3,5-6,9,13H,4,7-8,16H2,1-2H3. The summed E-state index contributed by atoms with van der Waals surface area (Å²) in [5, 5.41) is 4.54. The molecule has 0 aliphatic carbocycles. The molecule has 0 fully saturated rings. The molecule has 0 saturated carbocycles. The number of hydrogen-bond donors (Lipinski definition) is 1. The minimum atomic E-state index is 0.172. The van der Waals surface area contributed by atoms with Crippen LogP contribution in [0.4, 0.5) is 5.82 Å². The van der Waals surface area contributed by atoms with Crippen molar-refractivity contribution in [3.8, 4) is 5.75 Å². The molecule has 19 heavy (non-hydrogen) atoms. The van der Waals surface area contributed by atoms with Gasteiger partial charge in [-0.2, -0.15) is 5.10 Å². The lowest BCUT2D eigenvalue weighted by atomic mass is 10.00. The molecule has 1 atom stereocenters. The Hall–Kier alpha value is -1.97. The summed E-state index contributed by atoms with van der Waals surface area (Å²) in [7, 11) is 0. The number of rotatable bonds is 1. The van der Waals surface area contributed by atoms with E-state index in [-0.39, 0.29) is 6.04 Å². The Kier molecular flexibility index (Phi) is 2.93. The Morgan fingerprint density at radius 3 is 2.95 bits per heavy atom. The van der Waals surface area contributed by atoms with E-state index in [0.29, 0.717) is 0 Å². The zero-order valence-corrected chi connectivity index (χ0v) is 11.4. The number of ether oxygens (including phenoxy) is 1. The number of aromatic nitrogens is 2. The molecular formula is C15H19N3O. The van der Waals surface area contributed by atoms with Crippen LogP contribution in [0.2, 0.25) is 0 Å². The third-order valence-corrected chi connectivity index (χ3v) is 3.65. The van der Waals surface area contributed by atoms with Gasteiger partial charge in [-0.15, -0.1) is 0 Å². The first-order valence-electron chi connectivity index (χ1n) is 6.71. The maximum absolute atomic E-state index is 6.08. The van der Waals surface area contributed by atoms with Gasteiger partial charge >= 0.3 is 0 Å². The Balaban J connectivity index is 2.13. The molecule has 1 aromatic heterocycles. The average molecular weight is 257 g/mol. The molecule has 0 amide bonds. The first-order chi connectivity index (χ1) is 9.16. The zero-order chi connectivity index (χ0) is 13.4. The number of aryl methyl sites for hydroxylation is 2. The van der Waals surface area contributed by atoms with Crippen LogP contribution in [0.15, 0.2) is 24.3 Å². The van der Waals surface area contributed by atoms with Gasteiger partial charge in [0.25, 0.3) is 0 Å². The molecule has 100 valence electrons. The lowest BCUT2D eigenvalue weighted by Crippen LogP contribution is -2.14. The molecule has 4 nitrogen and oxygen atoms in total. The highest BCUT2D eigenvalue weighted by molar-refractivity contribution is 5.45. The van der Waals surface area contributed by atoms with Gasteiger partial charge in [-0.25, -0.2) is 4.68 Å². The van der Waals surface area contributed by atoms with E-state index in [1.807, 2.05) is 17.7 Å². The van der Waals surface area contributed by atoms with Crippen LogP contribution >= 0.6 is 0 Å². The predicted octanol–water partition coefficient (Wildman–Crippen LogP) is 2.84. The van der Waals surface area contributed by atoms with Crippen molar-refractivity contribution in [1.82, 2.24) is 9.78 Å². The summed E-state index contributed by atoms with van der Waals surface area (Å²) < 4.78 is 7.83. The molecule has 0 saturated heterocycles. The van der Waals surface area contributed by atoms with E-state index < -0.39 is 0 Å². The summed E-state index contributed by atoms with van der Waals surface area (Å²) in [6.07, 6.45) is 2.01. The van der Waals surface area contributed by atoms with Crippen molar-refractivity contribution in [1.29, 1.82) is 0 Å². The molecular weight excluding hydrogens is 238 g/mol. The van der Waals surface area contributed by atoms with Crippen molar-refractivity contribution in [2.24, 2.45) is 0 Å². The van der Waals surface area contributed by atoms with Crippen LogP contribution < -0.4 is 10.5 Å². The van der Waals surface area contributed by atoms with Gasteiger partial charge in [-0.3, -0.25) is 0 Å². The SMILES string of the molecule is Cc1cc(N)n(C2CCCOc3c(C)cccc32)n1. The molecule has 1 aliphatic heterocycles. The highest BCUT2D eigenvalue weighted by Crippen LogP contribution is 2.37. The van der Waals surface area contributed by atoms with Crippen molar-refractivity contribution in [3.05, 3.63) is 41.1 Å². The number of para-hydroxylation sites is 1. The third kappa shape index (κ3) is 2.07. The quantitative estimate of drug-likeness (QED) is 0.854. The van der Waals surface area contributed by atoms with Crippen LogP contribution in [0.5, 0.6) is 5.75 Å². The molecule has 1 aromatic carbocycles. The van der Waals surface area contributed by atoms with Gasteiger partial charge in [0.05, 0.1) is 18.3 Å². The molecule has 0 spiro atoms. The second-order valence-electron chi connectivity index (χ2n) is 5.15. The van der Waals surface area contributed by atoms with E-state index in [1.54, 1.807) is 0 Å². The summed E-state index contributed by atoms with van der Waals surface area (Å²) in [6.45, 7) is 4.81. The van der Waals surface area contributed by atoms with E-state index in [9.17, 15) is 0 Å². The monoisotopic (exact) mass is 257 g/mol. The van der Waals surface area contributed by atoms with E-state index in [4.69, 9.17) is 10.5 Å². The predicted molar refractivity (Wildman–Crippen MR) is 75.4 cm³/mol. The number of benzene rings is 1. The molecule has 0 bridgehead atoms. The molecule has 0 radical (unpaired) electrons. The fourth-order valence-electron chi connectivity index (χ4n) is 2.78.